The van der Waals surface area contributed by atoms with Crippen molar-refractivity contribution in [2.24, 2.45) is 0 Å². The third-order valence-corrected chi connectivity index (χ3v) is 6.24. The molecule has 0 amide bonds. The van der Waals surface area contributed by atoms with E-state index >= 15 is 0 Å². The molecule has 4 aromatic rings. The lowest BCUT2D eigenvalue weighted by atomic mass is 10.1. The quantitative estimate of drug-likeness (QED) is 0.234. The number of rotatable bonds is 9. The van der Waals surface area contributed by atoms with Crippen molar-refractivity contribution in [2.75, 3.05) is 33.3 Å². The summed E-state index contributed by atoms with van der Waals surface area (Å²) >= 11 is 3.14. The van der Waals surface area contributed by atoms with Crippen LogP contribution in [0, 0.1) is 11.6 Å². The molecule has 0 aliphatic heterocycles. The van der Waals surface area contributed by atoms with Gasteiger partial charge in [-0.3, -0.25) is 0 Å². The topological polar surface area (TPSA) is 66.2 Å². The van der Waals surface area contributed by atoms with Crippen LogP contribution in [0.4, 0.5) is 14.8 Å². The normalized spacial score (nSPS) is 10.9. The molecule has 0 fully saturated rings. The summed E-state index contributed by atoms with van der Waals surface area (Å²) in [6.45, 7) is 0.549. The molecule has 0 aliphatic carbocycles. The molecule has 0 saturated carbocycles. The van der Waals surface area contributed by atoms with E-state index in [2.05, 4.69) is 20.9 Å². The molecule has 1 heterocycles. The first kappa shape index (κ1) is 24.6. The van der Waals surface area contributed by atoms with Crippen molar-refractivity contribution in [1.82, 2.24) is 4.98 Å². The molecule has 0 spiro atoms. The molecule has 1 aromatic heterocycles. The first-order chi connectivity index (χ1) is 16.9. The van der Waals surface area contributed by atoms with Crippen molar-refractivity contribution < 1.29 is 32.1 Å². The first-order valence-electron chi connectivity index (χ1n) is 10.5. The van der Waals surface area contributed by atoms with Crippen LogP contribution in [0.1, 0.15) is 11.1 Å². The Morgan fingerprint density at radius 1 is 0.800 bits per heavy atom. The van der Waals surface area contributed by atoms with Crippen LogP contribution in [0.2, 0.25) is 0 Å². The monoisotopic (exact) mass is 548 g/mol. The molecule has 4 rings (SSSR count). The number of hydrogen-bond donors (Lipinski definition) is 0. The van der Waals surface area contributed by atoms with E-state index in [1.54, 1.807) is 45.5 Å². The van der Waals surface area contributed by atoms with Gasteiger partial charge in [0.1, 0.15) is 34.3 Å². The predicted octanol–water partition coefficient (Wildman–Crippen LogP) is 6.11. The van der Waals surface area contributed by atoms with Gasteiger partial charge in [-0.1, -0.05) is 0 Å². The number of anilines is 1. The summed E-state index contributed by atoms with van der Waals surface area (Å²) in [7, 11) is 6.26. The molecule has 0 atom stereocenters. The average Bonchev–Trinajstić information content (AvgIpc) is 3.33. The van der Waals surface area contributed by atoms with E-state index < -0.39 is 11.6 Å². The number of ether oxygens (including phenoxy) is 4. The SMILES string of the molecule is COc1ccc(CN(Cc2ccc(OC)cc2OC)c2nc3c(Br)c(F)cc(F)c3o2)c(OC)c1. The standard InChI is InChI=1S/C25H23BrF2N2O5/c1-31-16-7-5-14(20(9-16)33-3)12-30(13-15-6-8-17(32-2)10-21(15)34-4)25-29-23-22(26)18(27)11-19(28)24(23)35-25/h5-11H,12-13H2,1-4H3. The van der Waals surface area contributed by atoms with Crippen molar-refractivity contribution >= 4 is 33.0 Å². The van der Waals surface area contributed by atoms with Crippen LogP contribution in [-0.4, -0.2) is 33.4 Å². The zero-order valence-electron chi connectivity index (χ0n) is 19.5. The Bertz CT molecular complexity index is 1300. The van der Waals surface area contributed by atoms with E-state index in [-0.39, 0.29) is 34.7 Å². The van der Waals surface area contributed by atoms with Gasteiger partial charge in [-0.2, -0.15) is 4.98 Å². The Balaban J connectivity index is 1.81. The maximum atomic E-state index is 14.5. The van der Waals surface area contributed by atoms with Gasteiger partial charge >= 0.3 is 0 Å². The van der Waals surface area contributed by atoms with Crippen LogP contribution in [-0.2, 0) is 13.1 Å². The van der Waals surface area contributed by atoms with E-state index in [9.17, 15) is 8.78 Å². The van der Waals surface area contributed by atoms with Crippen molar-refractivity contribution in [1.29, 1.82) is 0 Å². The summed E-state index contributed by atoms with van der Waals surface area (Å²) < 4.78 is 56.1. The maximum Gasteiger partial charge on any atom is 0.299 e. The van der Waals surface area contributed by atoms with Crippen molar-refractivity contribution in [3.63, 3.8) is 0 Å². The van der Waals surface area contributed by atoms with Crippen LogP contribution >= 0.6 is 15.9 Å². The number of nitrogens with zero attached hydrogens (tertiary/aromatic N) is 2. The van der Waals surface area contributed by atoms with E-state index in [0.717, 1.165) is 17.2 Å². The van der Waals surface area contributed by atoms with Gasteiger partial charge in [0.15, 0.2) is 11.4 Å². The second kappa shape index (κ2) is 10.4. The summed E-state index contributed by atoms with van der Waals surface area (Å²) in [5, 5.41) is 0. The minimum atomic E-state index is -0.844. The molecule has 0 unspecified atom stereocenters. The number of benzene rings is 3. The van der Waals surface area contributed by atoms with Gasteiger partial charge in [-0.25, -0.2) is 8.78 Å². The lowest BCUT2D eigenvalue weighted by Gasteiger charge is -2.23. The zero-order valence-corrected chi connectivity index (χ0v) is 21.1. The fourth-order valence-corrected chi connectivity index (χ4v) is 4.06. The van der Waals surface area contributed by atoms with Gasteiger partial charge in [0.2, 0.25) is 0 Å². The highest BCUT2D eigenvalue weighted by molar-refractivity contribution is 9.10. The molecule has 0 aliphatic rings. The average molecular weight is 549 g/mol. The fourth-order valence-electron chi connectivity index (χ4n) is 3.68. The molecule has 10 heteroatoms. The Kier molecular flexibility index (Phi) is 7.30. The van der Waals surface area contributed by atoms with E-state index in [0.29, 0.717) is 23.0 Å². The number of halogens is 3. The van der Waals surface area contributed by atoms with E-state index in [1.165, 1.54) is 0 Å². The molecule has 0 bridgehead atoms. The lowest BCUT2D eigenvalue weighted by Crippen LogP contribution is -2.23. The summed E-state index contributed by atoms with van der Waals surface area (Å²) in [6, 6.07) is 11.7. The van der Waals surface area contributed by atoms with Crippen molar-refractivity contribution in [3.05, 3.63) is 69.7 Å². The number of fused-ring (bicyclic) bond motifs is 1. The van der Waals surface area contributed by atoms with Gasteiger partial charge in [-0.05, 0) is 40.2 Å². The summed E-state index contributed by atoms with van der Waals surface area (Å²) in [4.78, 5) is 6.18. The van der Waals surface area contributed by atoms with Crippen LogP contribution in [0.5, 0.6) is 23.0 Å². The van der Waals surface area contributed by atoms with Crippen LogP contribution < -0.4 is 23.8 Å². The smallest absolute Gasteiger partial charge is 0.299 e. The third kappa shape index (κ3) is 4.97. The largest absolute Gasteiger partial charge is 0.497 e. The van der Waals surface area contributed by atoms with Crippen molar-refractivity contribution in [2.45, 2.75) is 13.1 Å². The molecule has 3 aromatic carbocycles. The Labute approximate surface area is 209 Å². The van der Waals surface area contributed by atoms with Gasteiger partial charge in [-0.15, -0.1) is 0 Å². The zero-order chi connectivity index (χ0) is 25.1. The minimum absolute atomic E-state index is 0.0212. The number of methoxy groups -OCH3 is 4. The highest BCUT2D eigenvalue weighted by Gasteiger charge is 2.23. The molecular formula is C25H23BrF2N2O5. The van der Waals surface area contributed by atoms with Crippen LogP contribution in [0.3, 0.4) is 0 Å². The van der Waals surface area contributed by atoms with Gasteiger partial charge in [0, 0.05) is 29.3 Å². The highest BCUT2D eigenvalue weighted by atomic mass is 79.9. The molecular weight excluding hydrogens is 526 g/mol. The second-order valence-corrected chi connectivity index (χ2v) is 8.33. The van der Waals surface area contributed by atoms with E-state index in [4.69, 9.17) is 23.4 Å². The minimum Gasteiger partial charge on any atom is -0.497 e. The van der Waals surface area contributed by atoms with Gasteiger partial charge in [0.05, 0.1) is 46.0 Å². The molecule has 0 saturated heterocycles. The molecule has 184 valence electrons. The van der Waals surface area contributed by atoms with Crippen LogP contribution in [0.25, 0.3) is 11.1 Å². The Hall–Kier alpha value is -3.53. The Morgan fingerprint density at radius 3 is 1.83 bits per heavy atom. The predicted molar refractivity (Wildman–Crippen MR) is 131 cm³/mol. The number of aromatic nitrogens is 1. The fraction of sp³-hybridized carbons (Fsp3) is 0.240. The third-order valence-electron chi connectivity index (χ3n) is 5.49. The maximum absolute atomic E-state index is 14.5. The van der Waals surface area contributed by atoms with Gasteiger partial charge in [0.25, 0.3) is 6.01 Å². The summed E-state index contributed by atoms with van der Waals surface area (Å²) in [5.41, 5.74) is 1.50. The first-order valence-corrected chi connectivity index (χ1v) is 11.3. The summed E-state index contributed by atoms with van der Waals surface area (Å²) in [5.74, 6) is 0.837. The Morgan fingerprint density at radius 2 is 1.34 bits per heavy atom. The van der Waals surface area contributed by atoms with E-state index in [1.807, 2.05) is 24.3 Å². The van der Waals surface area contributed by atoms with Crippen molar-refractivity contribution in [3.8, 4) is 23.0 Å². The van der Waals surface area contributed by atoms with Crippen LogP contribution in [0.15, 0.2) is 51.4 Å². The number of hydrogen-bond acceptors (Lipinski definition) is 7. The van der Waals surface area contributed by atoms with Gasteiger partial charge < -0.3 is 28.3 Å². The molecule has 0 radical (unpaired) electrons. The summed E-state index contributed by atoms with van der Waals surface area (Å²) in [6.07, 6.45) is 0. The molecule has 35 heavy (non-hydrogen) atoms. The molecule has 7 nitrogen and oxygen atoms in total. The molecule has 0 N–H and O–H groups in total. The lowest BCUT2D eigenvalue weighted by molar-refractivity contribution is 0.388. The number of oxazole rings is 1. The second-order valence-electron chi connectivity index (χ2n) is 7.54. The highest BCUT2D eigenvalue weighted by Crippen LogP contribution is 2.35.